The van der Waals surface area contributed by atoms with Gasteiger partial charge in [-0.25, -0.2) is 4.39 Å². The second-order valence-corrected chi connectivity index (χ2v) is 7.15. The Kier molecular flexibility index (Phi) is 4.44. The Morgan fingerprint density at radius 1 is 1.14 bits per heavy atom. The smallest absolute Gasteiger partial charge is 0.481 e. The van der Waals surface area contributed by atoms with Crippen molar-refractivity contribution in [2.24, 2.45) is 5.92 Å². The molecule has 1 fully saturated rings. The summed E-state index contributed by atoms with van der Waals surface area (Å²) in [5.41, 5.74) is 3.06. The van der Waals surface area contributed by atoms with Gasteiger partial charge in [0.15, 0.2) is 0 Å². The number of rotatable bonds is 4. The summed E-state index contributed by atoms with van der Waals surface area (Å²) in [7, 11) is 0. The zero-order valence-corrected chi connectivity index (χ0v) is 14.7. The van der Waals surface area contributed by atoms with Gasteiger partial charge >= 0.3 is 12.3 Å². The van der Waals surface area contributed by atoms with Gasteiger partial charge < -0.3 is 14.7 Å². The maximum absolute atomic E-state index is 14.2. The lowest BCUT2D eigenvalue weighted by molar-refractivity contribution is -0.274. The molecule has 0 unspecified atom stereocenters. The van der Waals surface area contributed by atoms with Crippen molar-refractivity contribution in [2.45, 2.75) is 31.7 Å². The highest BCUT2D eigenvalue weighted by Gasteiger charge is 2.44. The van der Waals surface area contributed by atoms with Crippen LogP contribution in [0.25, 0.3) is 0 Å². The van der Waals surface area contributed by atoms with E-state index in [2.05, 4.69) is 4.74 Å². The van der Waals surface area contributed by atoms with E-state index >= 15 is 0 Å². The highest BCUT2D eigenvalue weighted by molar-refractivity contribution is 5.75. The molecule has 0 amide bonds. The molecule has 0 radical (unpaired) electrons. The summed E-state index contributed by atoms with van der Waals surface area (Å²) < 4.78 is 55.4. The zero-order valence-electron chi connectivity index (χ0n) is 14.7. The van der Waals surface area contributed by atoms with Gasteiger partial charge in [-0.3, -0.25) is 4.79 Å². The Morgan fingerprint density at radius 3 is 2.61 bits per heavy atom. The molecule has 1 aliphatic heterocycles. The number of fused-ring (bicyclic) bond motifs is 1. The van der Waals surface area contributed by atoms with Crippen molar-refractivity contribution in [1.82, 2.24) is 0 Å². The first-order valence-electron chi connectivity index (χ1n) is 8.86. The van der Waals surface area contributed by atoms with Crippen LogP contribution in [0.5, 0.6) is 5.75 Å². The number of carbonyl (C=O) groups is 1. The predicted molar refractivity (Wildman–Crippen MR) is 92.8 cm³/mol. The van der Waals surface area contributed by atoms with E-state index in [9.17, 15) is 22.4 Å². The number of hydrogen-bond acceptors (Lipinski definition) is 3. The number of halogens is 4. The van der Waals surface area contributed by atoms with Gasteiger partial charge in [-0.1, -0.05) is 18.2 Å². The minimum atomic E-state index is -4.84. The van der Waals surface area contributed by atoms with Crippen LogP contribution in [0.4, 0.5) is 23.2 Å². The normalized spacial score (nSPS) is 21.2. The number of aliphatic carboxylic acids is 1. The Balaban J connectivity index is 1.53. The van der Waals surface area contributed by atoms with Gasteiger partial charge in [0.25, 0.3) is 0 Å². The molecule has 2 atom stereocenters. The van der Waals surface area contributed by atoms with Crippen LogP contribution in [0.1, 0.15) is 29.0 Å². The molecule has 1 saturated carbocycles. The third-order valence-corrected chi connectivity index (χ3v) is 5.27. The fourth-order valence-corrected chi connectivity index (χ4v) is 3.78. The molecule has 8 heteroatoms. The second kappa shape index (κ2) is 6.68. The molecule has 4 nitrogen and oxygen atoms in total. The van der Waals surface area contributed by atoms with Crippen molar-refractivity contribution < 1.29 is 32.2 Å². The topological polar surface area (TPSA) is 49.8 Å². The molecule has 2 aromatic carbocycles. The average molecular weight is 395 g/mol. The standard InChI is InChI=1S/C20H17F4NO3/c21-17-4-3-14(28-20(22,23)24)8-18(17)25-6-5-11-7-12(1-2-13(11)10-25)15-9-16(15)19(26)27/h1-4,7-8,15-16H,5-6,9-10H2,(H,26,27)/t15-,16+/m0/s1. The fourth-order valence-electron chi connectivity index (χ4n) is 3.78. The molecular formula is C20H17F4NO3. The lowest BCUT2D eigenvalue weighted by atomic mass is 9.95. The molecule has 1 aliphatic carbocycles. The van der Waals surface area contributed by atoms with Crippen LogP contribution in [0, 0.1) is 11.7 Å². The van der Waals surface area contributed by atoms with Crippen LogP contribution in [-0.4, -0.2) is 24.0 Å². The Morgan fingerprint density at radius 2 is 1.93 bits per heavy atom. The van der Waals surface area contributed by atoms with Crippen LogP contribution in [-0.2, 0) is 17.8 Å². The number of nitrogens with zero attached hydrogens (tertiary/aromatic N) is 1. The van der Waals surface area contributed by atoms with E-state index in [1.54, 1.807) is 4.90 Å². The van der Waals surface area contributed by atoms with Gasteiger partial charge in [-0.05, 0) is 47.6 Å². The highest BCUT2D eigenvalue weighted by Crippen LogP contribution is 2.48. The SMILES string of the molecule is O=C(O)[C@@H]1C[C@H]1c1ccc2c(c1)CCN(c1cc(OC(F)(F)F)ccc1F)C2. The predicted octanol–water partition coefficient (Wildman–Crippen LogP) is 4.48. The van der Waals surface area contributed by atoms with Crippen LogP contribution in [0.3, 0.4) is 0 Å². The maximum atomic E-state index is 14.2. The number of benzene rings is 2. The van der Waals surface area contributed by atoms with Crippen molar-refractivity contribution in [3.8, 4) is 5.75 Å². The summed E-state index contributed by atoms with van der Waals surface area (Å²) in [5, 5.41) is 9.08. The number of carboxylic acid groups (broad SMARTS) is 1. The Bertz CT molecular complexity index is 928. The second-order valence-electron chi connectivity index (χ2n) is 7.15. The van der Waals surface area contributed by atoms with Gasteiger partial charge in [0.05, 0.1) is 11.6 Å². The molecule has 4 rings (SSSR count). The molecule has 0 aromatic heterocycles. The lowest BCUT2D eigenvalue weighted by Gasteiger charge is -2.31. The zero-order chi connectivity index (χ0) is 20.1. The fraction of sp³-hybridized carbons (Fsp3) is 0.350. The minimum Gasteiger partial charge on any atom is -0.481 e. The largest absolute Gasteiger partial charge is 0.573 e. The van der Waals surface area contributed by atoms with Crippen molar-refractivity contribution in [3.63, 3.8) is 0 Å². The van der Waals surface area contributed by atoms with Crippen molar-refractivity contribution in [3.05, 3.63) is 58.9 Å². The molecule has 0 bridgehead atoms. The molecule has 2 aromatic rings. The summed E-state index contributed by atoms with van der Waals surface area (Å²) in [6.07, 6.45) is -3.61. The summed E-state index contributed by atoms with van der Waals surface area (Å²) in [6, 6.07) is 8.75. The monoisotopic (exact) mass is 395 g/mol. The first-order chi connectivity index (χ1) is 13.2. The molecule has 2 aliphatic rings. The quantitative estimate of drug-likeness (QED) is 0.776. The van der Waals surface area contributed by atoms with Crippen LogP contribution in [0.15, 0.2) is 36.4 Å². The van der Waals surface area contributed by atoms with E-state index in [-0.39, 0.29) is 17.5 Å². The number of ether oxygens (including phenoxy) is 1. The highest BCUT2D eigenvalue weighted by atomic mass is 19.4. The molecule has 28 heavy (non-hydrogen) atoms. The Labute approximate surface area is 158 Å². The Hall–Kier alpha value is -2.77. The molecular weight excluding hydrogens is 378 g/mol. The van der Waals surface area contributed by atoms with Crippen molar-refractivity contribution in [2.75, 3.05) is 11.4 Å². The van der Waals surface area contributed by atoms with E-state index < -0.39 is 23.9 Å². The van der Waals surface area contributed by atoms with E-state index in [0.717, 1.165) is 34.9 Å². The summed E-state index contributed by atoms with van der Waals surface area (Å²) in [4.78, 5) is 12.7. The molecule has 148 valence electrons. The molecule has 1 N–H and O–H groups in total. The van der Waals surface area contributed by atoms with Gasteiger partial charge in [-0.15, -0.1) is 13.2 Å². The van der Waals surface area contributed by atoms with Gasteiger partial charge in [0, 0.05) is 19.2 Å². The lowest BCUT2D eigenvalue weighted by Crippen LogP contribution is -2.31. The number of alkyl halides is 3. The number of anilines is 1. The van der Waals surface area contributed by atoms with Gasteiger partial charge in [-0.2, -0.15) is 0 Å². The van der Waals surface area contributed by atoms with Gasteiger partial charge in [0.1, 0.15) is 11.6 Å². The van der Waals surface area contributed by atoms with Crippen molar-refractivity contribution >= 4 is 11.7 Å². The summed E-state index contributed by atoms with van der Waals surface area (Å²) in [5.74, 6) is -2.15. The van der Waals surface area contributed by atoms with Crippen LogP contribution >= 0.6 is 0 Å². The average Bonchev–Trinajstić information content (AvgIpc) is 3.42. The third-order valence-electron chi connectivity index (χ3n) is 5.27. The van der Waals surface area contributed by atoms with Crippen molar-refractivity contribution in [1.29, 1.82) is 0 Å². The summed E-state index contributed by atoms with van der Waals surface area (Å²) in [6.45, 7) is 0.797. The minimum absolute atomic E-state index is 0.0365. The van der Waals surface area contributed by atoms with E-state index in [0.29, 0.717) is 25.9 Å². The first-order valence-corrected chi connectivity index (χ1v) is 8.86. The molecule has 1 heterocycles. The van der Waals surface area contributed by atoms with Crippen LogP contribution in [0.2, 0.25) is 0 Å². The number of carboxylic acids is 1. The van der Waals surface area contributed by atoms with Crippen LogP contribution < -0.4 is 9.64 Å². The van der Waals surface area contributed by atoms with E-state index in [4.69, 9.17) is 5.11 Å². The third kappa shape index (κ3) is 3.76. The maximum Gasteiger partial charge on any atom is 0.573 e. The molecule has 0 saturated heterocycles. The number of hydrogen-bond donors (Lipinski definition) is 1. The first kappa shape index (κ1) is 18.6. The van der Waals surface area contributed by atoms with Gasteiger partial charge in [0.2, 0.25) is 0 Å². The molecule has 0 spiro atoms. The summed E-state index contributed by atoms with van der Waals surface area (Å²) >= 11 is 0. The van der Waals surface area contributed by atoms with E-state index in [1.807, 2.05) is 18.2 Å². The van der Waals surface area contributed by atoms with E-state index in [1.165, 1.54) is 0 Å².